The van der Waals surface area contributed by atoms with E-state index in [2.05, 4.69) is 0 Å². The predicted octanol–water partition coefficient (Wildman–Crippen LogP) is 2.22. The number of methoxy groups -OCH3 is 1. The van der Waals surface area contributed by atoms with Crippen molar-refractivity contribution in [2.75, 3.05) is 32.7 Å². The maximum absolute atomic E-state index is 5.77. The summed E-state index contributed by atoms with van der Waals surface area (Å²) in [5, 5.41) is 0. The molecule has 0 bridgehead atoms. The molecule has 0 amide bonds. The van der Waals surface area contributed by atoms with Gasteiger partial charge in [-0.2, -0.15) is 0 Å². The summed E-state index contributed by atoms with van der Waals surface area (Å²) in [4.78, 5) is 0. The molecular weight excluding hydrogens is 230 g/mol. The Labute approximate surface area is 108 Å². The molecule has 1 aliphatic rings. The fourth-order valence-corrected chi connectivity index (χ4v) is 2.13. The third-order valence-corrected chi connectivity index (χ3v) is 3.26. The molecule has 1 aromatic rings. The number of hydrogen-bond donors (Lipinski definition) is 1. The van der Waals surface area contributed by atoms with Gasteiger partial charge in [0.05, 0.1) is 20.3 Å². The minimum Gasteiger partial charge on any atom is -0.496 e. The Balaban J connectivity index is 1.82. The first-order chi connectivity index (χ1) is 8.79. The molecule has 0 unspecified atom stereocenters. The summed E-state index contributed by atoms with van der Waals surface area (Å²) < 4.78 is 16.4. The largest absolute Gasteiger partial charge is 0.496 e. The van der Waals surface area contributed by atoms with E-state index in [1.807, 2.05) is 18.2 Å². The van der Waals surface area contributed by atoms with Gasteiger partial charge in [0.25, 0.3) is 0 Å². The second kappa shape index (κ2) is 6.61. The van der Waals surface area contributed by atoms with E-state index in [-0.39, 0.29) is 0 Å². The van der Waals surface area contributed by atoms with E-state index in [9.17, 15) is 0 Å². The quantitative estimate of drug-likeness (QED) is 0.815. The molecule has 1 saturated heterocycles. The van der Waals surface area contributed by atoms with Crippen molar-refractivity contribution >= 4 is 5.69 Å². The van der Waals surface area contributed by atoms with Gasteiger partial charge in [0.1, 0.15) is 5.75 Å². The van der Waals surface area contributed by atoms with Gasteiger partial charge in [-0.15, -0.1) is 0 Å². The smallest absolute Gasteiger partial charge is 0.126 e. The van der Waals surface area contributed by atoms with Crippen LogP contribution in [0.5, 0.6) is 5.75 Å². The van der Waals surface area contributed by atoms with Gasteiger partial charge < -0.3 is 19.9 Å². The standard InChI is InChI=1S/C14H21NO3/c1-16-14-8-13(15)3-2-12(14)10-18-9-11-4-6-17-7-5-11/h2-3,8,11H,4-7,9-10,15H2,1H3. The van der Waals surface area contributed by atoms with Crippen LogP contribution in [0.3, 0.4) is 0 Å². The Morgan fingerprint density at radius 3 is 2.83 bits per heavy atom. The normalized spacial score (nSPS) is 16.7. The second-order valence-corrected chi connectivity index (χ2v) is 4.64. The fraction of sp³-hybridized carbons (Fsp3) is 0.571. The van der Waals surface area contributed by atoms with Crippen molar-refractivity contribution in [2.24, 2.45) is 5.92 Å². The summed E-state index contributed by atoms with van der Waals surface area (Å²) in [6, 6.07) is 5.65. The lowest BCUT2D eigenvalue weighted by Crippen LogP contribution is -2.20. The average Bonchev–Trinajstić information content (AvgIpc) is 2.41. The first kappa shape index (κ1) is 13.2. The monoisotopic (exact) mass is 251 g/mol. The van der Waals surface area contributed by atoms with E-state index in [0.29, 0.717) is 18.2 Å². The van der Waals surface area contributed by atoms with E-state index in [0.717, 1.165) is 44.0 Å². The van der Waals surface area contributed by atoms with E-state index in [1.165, 1.54) is 0 Å². The molecule has 1 aliphatic heterocycles. The lowest BCUT2D eigenvalue weighted by Gasteiger charge is -2.22. The molecule has 2 N–H and O–H groups in total. The number of rotatable bonds is 5. The number of hydrogen-bond acceptors (Lipinski definition) is 4. The van der Waals surface area contributed by atoms with E-state index in [4.69, 9.17) is 19.9 Å². The molecule has 0 radical (unpaired) electrons. The maximum Gasteiger partial charge on any atom is 0.126 e. The SMILES string of the molecule is COc1cc(N)ccc1COCC1CCOCC1. The summed E-state index contributed by atoms with van der Waals surface area (Å²) in [7, 11) is 1.65. The molecule has 2 rings (SSSR count). The van der Waals surface area contributed by atoms with Crippen LogP contribution in [0.1, 0.15) is 18.4 Å². The van der Waals surface area contributed by atoms with Crippen molar-refractivity contribution in [2.45, 2.75) is 19.4 Å². The third kappa shape index (κ3) is 3.62. The summed E-state index contributed by atoms with van der Waals surface area (Å²) in [5.41, 5.74) is 7.46. The van der Waals surface area contributed by atoms with Crippen LogP contribution in [0.2, 0.25) is 0 Å². The Morgan fingerprint density at radius 1 is 1.33 bits per heavy atom. The van der Waals surface area contributed by atoms with Gasteiger partial charge in [-0.3, -0.25) is 0 Å². The molecule has 0 aromatic heterocycles. The zero-order valence-corrected chi connectivity index (χ0v) is 10.9. The molecule has 4 nitrogen and oxygen atoms in total. The molecule has 100 valence electrons. The number of ether oxygens (including phenoxy) is 3. The predicted molar refractivity (Wildman–Crippen MR) is 70.6 cm³/mol. The molecule has 18 heavy (non-hydrogen) atoms. The molecule has 1 aromatic carbocycles. The lowest BCUT2D eigenvalue weighted by molar-refractivity contribution is 0.0153. The zero-order chi connectivity index (χ0) is 12.8. The second-order valence-electron chi connectivity index (χ2n) is 4.64. The van der Waals surface area contributed by atoms with Crippen LogP contribution in [-0.2, 0) is 16.1 Å². The maximum atomic E-state index is 5.77. The summed E-state index contributed by atoms with van der Waals surface area (Å²) >= 11 is 0. The highest BCUT2D eigenvalue weighted by atomic mass is 16.5. The van der Waals surface area contributed by atoms with Gasteiger partial charge in [-0.25, -0.2) is 0 Å². The van der Waals surface area contributed by atoms with Gasteiger partial charge in [0.15, 0.2) is 0 Å². The molecule has 1 fully saturated rings. The van der Waals surface area contributed by atoms with Crippen molar-refractivity contribution in [3.63, 3.8) is 0 Å². The highest BCUT2D eigenvalue weighted by Crippen LogP contribution is 2.23. The van der Waals surface area contributed by atoms with Crippen LogP contribution in [-0.4, -0.2) is 26.9 Å². The minimum absolute atomic E-state index is 0.570. The van der Waals surface area contributed by atoms with Gasteiger partial charge in [-0.1, -0.05) is 6.07 Å². The highest BCUT2D eigenvalue weighted by molar-refractivity contribution is 5.48. The fourth-order valence-electron chi connectivity index (χ4n) is 2.13. The molecule has 0 atom stereocenters. The van der Waals surface area contributed by atoms with Crippen LogP contribution < -0.4 is 10.5 Å². The summed E-state index contributed by atoms with van der Waals surface area (Å²) in [6.07, 6.45) is 2.19. The Hall–Kier alpha value is -1.26. The van der Waals surface area contributed by atoms with Gasteiger partial charge in [-0.05, 0) is 24.8 Å². The average molecular weight is 251 g/mol. The number of benzene rings is 1. The summed E-state index contributed by atoms with van der Waals surface area (Å²) in [6.45, 7) is 3.08. The van der Waals surface area contributed by atoms with Crippen molar-refractivity contribution < 1.29 is 14.2 Å². The number of anilines is 1. The van der Waals surface area contributed by atoms with Gasteiger partial charge in [0.2, 0.25) is 0 Å². The zero-order valence-electron chi connectivity index (χ0n) is 10.9. The molecule has 1 heterocycles. The third-order valence-electron chi connectivity index (χ3n) is 3.26. The van der Waals surface area contributed by atoms with Crippen LogP contribution in [0.15, 0.2) is 18.2 Å². The van der Waals surface area contributed by atoms with Gasteiger partial charge in [0, 0.05) is 30.5 Å². The molecule has 4 heteroatoms. The Morgan fingerprint density at radius 2 is 2.11 bits per heavy atom. The van der Waals surface area contributed by atoms with E-state index >= 15 is 0 Å². The van der Waals surface area contributed by atoms with Crippen molar-refractivity contribution in [1.29, 1.82) is 0 Å². The molecule has 0 spiro atoms. The topological polar surface area (TPSA) is 53.7 Å². The van der Waals surface area contributed by atoms with Crippen molar-refractivity contribution in [1.82, 2.24) is 0 Å². The van der Waals surface area contributed by atoms with Crippen LogP contribution in [0.25, 0.3) is 0 Å². The lowest BCUT2D eigenvalue weighted by atomic mass is 10.0. The minimum atomic E-state index is 0.570. The Kier molecular flexibility index (Phi) is 4.84. The first-order valence-corrected chi connectivity index (χ1v) is 6.37. The molecule has 0 aliphatic carbocycles. The van der Waals surface area contributed by atoms with Crippen LogP contribution >= 0.6 is 0 Å². The van der Waals surface area contributed by atoms with Crippen molar-refractivity contribution in [3.05, 3.63) is 23.8 Å². The molecular formula is C14H21NO3. The number of nitrogen functional groups attached to an aromatic ring is 1. The first-order valence-electron chi connectivity index (χ1n) is 6.37. The summed E-state index contributed by atoms with van der Waals surface area (Å²) in [5.74, 6) is 1.42. The highest BCUT2D eigenvalue weighted by Gasteiger charge is 2.14. The van der Waals surface area contributed by atoms with Crippen LogP contribution in [0, 0.1) is 5.92 Å². The Bertz CT molecular complexity index is 375. The van der Waals surface area contributed by atoms with Crippen molar-refractivity contribution in [3.8, 4) is 5.75 Å². The molecule has 0 saturated carbocycles. The van der Waals surface area contributed by atoms with Crippen LogP contribution in [0.4, 0.5) is 5.69 Å². The van der Waals surface area contributed by atoms with E-state index < -0.39 is 0 Å². The number of nitrogens with two attached hydrogens (primary N) is 1. The van der Waals surface area contributed by atoms with E-state index in [1.54, 1.807) is 7.11 Å². The van der Waals surface area contributed by atoms with Gasteiger partial charge >= 0.3 is 0 Å².